The summed E-state index contributed by atoms with van der Waals surface area (Å²) in [6.45, 7) is 7.94. The van der Waals surface area contributed by atoms with Gasteiger partial charge in [0.2, 0.25) is 0 Å². The molecule has 1 aliphatic rings. The van der Waals surface area contributed by atoms with Crippen molar-refractivity contribution in [2.24, 2.45) is 10.9 Å². The minimum absolute atomic E-state index is 0. The zero-order valence-electron chi connectivity index (χ0n) is 16.9. The minimum Gasteiger partial charge on any atom is -0.492 e. The average molecular weight is 509 g/mol. The molecule has 6 nitrogen and oxygen atoms in total. The Morgan fingerprint density at radius 1 is 1.32 bits per heavy atom. The van der Waals surface area contributed by atoms with Crippen molar-refractivity contribution in [1.82, 2.24) is 10.2 Å². The van der Waals surface area contributed by atoms with Crippen LogP contribution < -0.4 is 10.1 Å². The highest BCUT2D eigenvalue weighted by atomic mass is 127. The van der Waals surface area contributed by atoms with Crippen LogP contribution in [0, 0.1) is 11.7 Å². The van der Waals surface area contributed by atoms with Gasteiger partial charge in [0.25, 0.3) is 0 Å². The first-order valence-corrected chi connectivity index (χ1v) is 9.72. The van der Waals surface area contributed by atoms with Gasteiger partial charge in [0.05, 0.1) is 19.8 Å². The topological polar surface area (TPSA) is 55.3 Å². The third kappa shape index (κ3) is 9.88. The Bertz CT molecular complexity index is 554. The molecule has 1 aromatic rings. The van der Waals surface area contributed by atoms with E-state index in [1.807, 2.05) is 18.9 Å². The monoisotopic (exact) mass is 509 g/mol. The standard InChI is InChI=1S/C20H32FN3O3.HI/c1-3-22-20(23-10-4-12-25-15-17-9-13-26-16-17)24(2)11-14-27-19-7-5-18(21)6-8-19;/h5-8,17H,3-4,9-16H2,1-2H3,(H,22,23);1H. The number of nitrogens with zero attached hydrogens (tertiary/aromatic N) is 2. The molecule has 1 heterocycles. The van der Waals surface area contributed by atoms with Gasteiger partial charge in [-0.15, -0.1) is 24.0 Å². The molecule has 28 heavy (non-hydrogen) atoms. The summed E-state index contributed by atoms with van der Waals surface area (Å²) in [6.07, 6.45) is 2.00. The normalized spacial score (nSPS) is 16.5. The SMILES string of the molecule is CCNC(=NCCCOCC1CCOC1)N(C)CCOc1ccc(F)cc1.I. The van der Waals surface area contributed by atoms with Crippen LogP contribution in [0.25, 0.3) is 0 Å². The van der Waals surface area contributed by atoms with Gasteiger partial charge >= 0.3 is 0 Å². The van der Waals surface area contributed by atoms with Crippen molar-refractivity contribution in [3.05, 3.63) is 30.1 Å². The number of hydrogen-bond donors (Lipinski definition) is 1. The smallest absolute Gasteiger partial charge is 0.193 e. The van der Waals surface area contributed by atoms with Gasteiger partial charge in [0.15, 0.2) is 5.96 Å². The van der Waals surface area contributed by atoms with E-state index in [9.17, 15) is 4.39 Å². The molecule has 0 spiro atoms. The highest BCUT2D eigenvalue weighted by Gasteiger charge is 2.15. The molecule has 0 aromatic heterocycles. The summed E-state index contributed by atoms with van der Waals surface area (Å²) in [6, 6.07) is 6.05. The highest BCUT2D eigenvalue weighted by Crippen LogP contribution is 2.12. The first-order chi connectivity index (χ1) is 13.2. The fraction of sp³-hybridized carbons (Fsp3) is 0.650. The van der Waals surface area contributed by atoms with Crippen LogP contribution in [-0.4, -0.2) is 70.6 Å². The van der Waals surface area contributed by atoms with E-state index < -0.39 is 0 Å². The van der Waals surface area contributed by atoms with Crippen LogP contribution in [0.4, 0.5) is 4.39 Å². The Labute approximate surface area is 184 Å². The highest BCUT2D eigenvalue weighted by molar-refractivity contribution is 14.0. The van der Waals surface area contributed by atoms with Gasteiger partial charge in [-0.1, -0.05) is 0 Å². The van der Waals surface area contributed by atoms with E-state index in [1.54, 1.807) is 12.1 Å². The summed E-state index contributed by atoms with van der Waals surface area (Å²) in [7, 11) is 1.98. The second kappa shape index (κ2) is 14.8. The van der Waals surface area contributed by atoms with E-state index >= 15 is 0 Å². The van der Waals surface area contributed by atoms with Gasteiger partial charge in [-0.05, 0) is 44.0 Å². The molecule has 1 atom stereocenters. The molecule has 1 saturated heterocycles. The molecule has 0 bridgehead atoms. The lowest BCUT2D eigenvalue weighted by molar-refractivity contribution is 0.0893. The molecule has 0 saturated carbocycles. The first-order valence-electron chi connectivity index (χ1n) is 9.72. The number of halogens is 2. The van der Waals surface area contributed by atoms with Crippen molar-refractivity contribution in [1.29, 1.82) is 0 Å². The number of rotatable bonds is 11. The number of ether oxygens (including phenoxy) is 3. The van der Waals surface area contributed by atoms with Crippen molar-refractivity contribution in [3.63, 3.8) is 0 Å². The molecular weight excluding hydrogens is 476 g/mol. The molecule has 0 amide bonds. The third-order valence-corrected chi connectivity index (χ3v) is 4.29. The number of benzene rings is 1. The van der Waals surface area contributed by atoms with E-state index in [-0.39, 0.29) is 29.8 Å². The summed E-state index contributed by atoms with van der Waals surface area (Å²) in [5.74, 6) is 1.81. The van der Waals surface area contributed by atoms with Crippen LogP contribution in [-0.2, 0) is 9.47 Å². The molecule has 160 valence electrons. The Balaban J connectivity index is 0.00000392. The second-order valence-corrected chi connectivity index (χ2v) is 6.62. The largest absolute Gasteiger partial charge is 0.492 e. The second-order valence-electron chi connectivity index (χ2n) is 6.62. The van der Waals surface area contributed by atoms with Gasteiger partial charge < -0.3 is 24.4 Å². The molecule has 1 fully saturated rings. The Kier molecular flexibility index (Phi) is 13.2. The molecule has 0 radical (unpaired) electrons. The lowest BCUT2D eigenvalue weighted by atomic mass is 10.1. The van der Waals surface area contributed by atoms with E-state index in [0.717, 1.165) is 51.8 Å². The zero-order chi connectivity index (χ0) is 19.3. The lowest BCUT2D eigenvalue weighted by Gasteiger charge is -2.22. The quantitative estimate of drug-likeness (QED) is 0.215. The number of nitrogens with one attached hydrogen (secondary N) is 1. The van der Waals surface area contributed by atoms with Crippen LogP contribution >= 0.6 is 24.0 Å². The summed E-state index contributed by atoms with van der Waals surface area (Å²) >= 11 is 0. The van der Waals surface area contributed by atoms with Crippen LogP contribution in [0.1, 0.15) is 19.8 Å². The van der Waals surface area contributed by atoms with Gasteiger partial charge in [-0.2, -0.15) is 0 Å². The Hall–Kier alpha value is -1.13. The van der Waals surface area contributed by atoms with Crippen molar-refractivity contribution in [2.75, 3.05) is 59.7 Å². The van der Waals surface area contributed by atoms with E-state index in [0.29, 0.717) is 31.4 Å². The number of likely N-dealkylation sites (N-methyl/N-ethyl adjacent to an activating group) is 1. The molecule has 8 heteroatoms. The summed E-state index contributed by atoms with van der Waals surface area (Å²) in [4.78, 5) is 6.67. The van der Waals surface area contributed by atoms with E-state index in [1.165, 1.54) is 12.1 Å². The van der Waals surface area contributed by atoms with Gasteiger partial charge in [0, 0.05) is 39.3 Å². The zero-order valence-corrected chi connectivity index (χ0v) is 19.2. The molecule has 1 unspecified atom stereocenters. The number of hydrogen-bond acceptors (Lipinski definition) is 4. The van der Waals surface area contributed by atoms with Crippen LogP contribution in [0.2, 0.25) is 0 Å². The maximum atomic E-state index is 12.9. The summed E-state index contributed by atoms with van der Waals surface area (Å²) < 4.78 is 29.6. The molecule has 1 N–H and O–H groups in total. The lowest BCUT2D eigenvalue weighted by Crippen LogP contribution is -2.41. The summed E-state index contributed by atoms with van der Waals surface area (Å²) in [5.41, 5.74) is 0. The van der Waals surface area contributed by atoms with Crippen molar-refractivity contribution in [3.8, 4) is 5.75 Å². The fourth-order valence-corrected chi connectivity index (χ4v) is 2.72. The van der Waals surface area contributed by atoms with E-state index in [2.05, 4.69) is 10.3 Å². The maximum absolute atomic E-state index is 12.9. The maximum Gasteiger partial charge on any atom is 0.193 e. The predicted molar refractivity (Wildman–Crippen MR) is 120 cm³/mol. The van der Waals surface area contributed by atoms with Crippen LogP contribution in [0.3, 0.4) is 0 Å². The first kappa shape index (κ1) is 24.9. The number of aliphatic imine (C=N–C) groups is 1. The van der Waals surface area contributed by atoms with Crippen LogP contribution in [0.15, 0.2) is 29.3 Å². The van der Waals surface area contributed by atoms with Gasteiger partial charge in [-0.25, -0.2) is 4.39 Å². The Morgan fingerprint density at radius 2 is 2.11 bits per heavy atom. The van der Waals surface area contributed by atoms with E-state index in [4.69, 9.17) is 14.2 Å². The average Bonchev–Trinajstić information content (AvgIpc) is 3.18. The van der Waals surface area contributed by atoms with Crippen molar-refractivity contribution >= 4 is 29.9 Å². The van der Waals surface area contributed by atoms with Gasteiger partial charge in [0.1, 0.15) is 18.2 Å². The summed E-state index contributed by atoms with van der Waals surface area (Å²) in [5, 5.41) is 3.29. The molecule has 2 rings (SSSR count). The molecular formula is C20H33FIN3O3. The fourth-order valence-electron chi connectivity index (χ4n) is 2.72. The third-order valence-electron chi connectivity index (χ3n) is 4.29. The molecule has 1 aliphatic heterocycles. The van der Waals surface area contributed by atoms with Gasteiger partial charge in [-0.3, -0.25) is 4.99 Å². The van der Waals surface area contributed by atoms with Crippen molar-refractivity contribution in [2.45, 2.75) is 19.8 Å². The van der Waals surface area contributed by atoms with Crippen LogP contribution in [0.5, 0.6) is 5.75 Å². The minimum atomic E-state index is -0.262. The van der Waals surface area contributed by atoms with Crippen molar-refractivity contribution < 1.29 is 18.6 Å². The molecule has 1 aromatic carbocycles. The Morgan fingerprint density at radius 3 is 2.79 bits per heavy atom. The molecule has 0 aliphatic carbocycles. The predicted octanol–water partition coefficient (Wildman–Crippen LogP) is 3.16. The number of guanidine groups is 1.